The van der Waals surface area contributed by atoms with Crippen molar-refractivity contribution in [1.82, 2.24) is 0 Å². The summed E-state index contributed by atoms with van der Waals surface area (Å²) in [6.07, 6.45) is 0. The third kappa shape index (κ3) is 3.03. The summed E-state index contributed by atoms with van der Waals surface area (Å²) in [5.41, 5.74) is 5.63. The number of nitrogens with two attached hydrogens (primary N) is 1. The van der Waals surface area contributed by atoms with Gasteiger partial charge in [0.1, 0.15) is 11.9 Å². The molecule has 0 saturated heterocycles. The molecule has 2 nitrogen and oxygen atoms in total. The summed E-state index contributed by atoms with van der Waals surface area (Å²) in [5.74, 6) is -0.590. The van der Waals surface area contributed by atoms with Crippen molar-refractivity contribution in [2.24, 2.45) is 0 Å². The van der Waals surface area contributed by atoms with Gasteiger partial charge in [-0.2, -0.15) is 5.26 Å². The zero-order chi connectivity index (χ0) is 10.4. The molecule has 1 aromatic rings. The molecule has 0 radical (unpaired) electrons. The molecule has 1 rings (SSSR count). The first kappa shape index (κ1) is 11.9. The smallest absolute Gasteiger partial charge is 0.143 e. The van der Waals surface area contributed by atoms with Gasteiger partial charge in [0.2, 0.25) is 0 Å². The maximum Gasteiger partial charge on any atom is 0.143 e. The molecule has 0 aliphatic carbocycles. The molecule has 2 N–H and O–H groups in total. The average molecular weight is 245 g/mol. The Morgan fingerprint density at radius 3 is 2.46 bits per heavy atom. The summed E-state index contributed by atoms with van der Waals surface area (Å²) in [4.78, 5) is 0. The van der Waals surface area contributed by atoms with E-state index in [1.54, 1.807) is 6.07 Å². The van der Waals surface area contributed by atoms with Crippen LogP contribution >= 0.6 is 15.9 Å². The molecular weight excluding hydrogens is 235 g/mol. The molecule has 0 unspecified atom stereocenters. The van der Waals surface area contributed by atoms with Crippen LogP contribution in [0.3, 0.4) is 0 Å². The Bertz CT molecular complexity index is 331. The highest BCUT2D eigenvalue weighted by Crippen LogP contribution is 2.22. The zero-order valence-electron chi connectivity index (χ0n) is 7.44. The van der Waals surface area contributed by atoms with Crippen LogP contribution in [0.1, 0.15) is 19.4 Å². The minimum Gasteiger partial charge on any atom is -0.398 e. The Hall–Kier alpha value is -1.08. The van der Waals surface area contributed by atoms with Crippen molar-refractivity contribution in [3.63, 3.8) is 0 Å². The van der Waals surface area contributed by atoms with E-state index >= 15 is 0 Å². The summed E-state index contributed by atoms with van der Waals surface area (Å²) >= 11 is 3.08. The van der Waals surface area contributed by atoms with Crippen LogP contribution in [0.4, 0.5) is 10.1 Å². The van der Waals surface area contributed by atoms with E-state index in [0.717, 1.165) is 6.07 Å². The van der Waals surface area contributed by atoms with Gasteiger partial charge in [0, 0.05) is 10.2 Å². The number of nitriles is 1. The van der Waals surface area contributed by atoms with Gasteiger partial charge in [-0.3, -0.25) is 0 Å². The number of hydrogen-bond acceptors (Lipinski definition) is 2. The van der Waals surface area contributed by atoms with E-state index in [9.17, 15) is 4.39 Å². The summed E-state index contributed by atoms with van der Waals surface area (Å²) < 4.78 is 13.2. The third-order valence-electron chi connectivity index (χ3n) is 1.21. The van der Waals surface area contributed by atoms with Gasteiger partial charge in [-0.15, -0.1) is 0 Å². The van der Waals surface area contributed by atoms with Crippen molar-refractivity contribution < 1.29 is 4.39 Å². The summed E-state index contributed by atoms with van der Waals surface area (Å²) in [6, 6.07) is 4.17. The van der Waals surface area contributed by atoms with Gasteiger partial charge in [-0.1, -0.05) is 13.8 Å². The van der Waals surface area contributed by atoms with Gasteiger partial charge in [0.15, 0.2) is 0 Å². The average Bonchev–Trinajstić information content (AvgIpc) is 2.15. The molecule has 0 saturated carbocycles. The fourth-order valence-corrected chi connectivity index (χ4v) is 0.991. The predicted molar refractivity (Wildman–Crippen MR) is 54.6 cm³/mol. The summed E-state index contributed by atoms with van der Waals surface area (Å²) in [5, 5.41) is 8.38. The number of nitrogen functional groups attached to an aromatic ring is 1. The highest BCUT2D eigenvalue weighted by molar-refractivity contribution is 9.10. The Kier molecular flexibility index (Phi) is 5.09. The van der Waals surface area contributed by atoms with Crippen LogP contribution in [-0.2, 0) is 0 Å². The van der Waals surface area contributed by atoms with E-state index in [4.69, 9.17) is 11.0 Å². The molecule has 4 heteroatoms. The second-order valence-electron chi connectivity index (χ2n) is 1.97. The molecule has 1 aromatic carbocycles. The second kappa shape index (κ2) is 5.55. The summed E-state index contributed by atoms with van der Waals surface area (Å²) in [7, 11) is 0. The Labute approximate surface area is 85.3 Å². The lowest BCUT2D eigenvalue weighted by Gasteiger charge is -1.98. The van der Waals surface area contributed by atoms with Gasteiger partial charge < -0.3 is 5.73 Å². The first-order valence-corrected chi connectivity index (χ1v) is 4.59. The zero-order valence-corrected chi connectivity index (χ0v) is 9.02. The van der Waals surface area contributed by atoms with E-state index in [1.165, 1.54) is 6.07 Å². The van der Waals surface area contributed by atoms with Crippen LogP contribution in [0.25, 0.3) is 0 Å². The van der Waals surface area contributed by atoms with E-state index in [1.807, 2.05) is 13.8 Å². The van der Waals surface area contributed by atoms with Crippen molar-refractivity contribution in [2.75, 3.05) is 5.73 Å². The molecule has 0 atom stereocenters. The lowest BCUT2D eigenvalue weighted by Crippen LogP contribution is -1.91. The number of rotatable bonds is 0. The number of benzene rings is 1. The molecule has 13 heavy (non-hydrogen) atoms. The molecule has 0 aromatic heterocycles. The van der Waals surface area contributed by atoms with E-state index in [-0.39, 0.29) is 5.56 Å². The topological polar surface area (TPSA) is 49.8 Å². The molecule has 0 amide bonds. The van der Waals surface area contributed by atoms with Crippen molar-refractivity contribution >= 4 is 21.6 Å². The Morgan fingerprint density at radius 1 is 1.46 bits per heavy atom. The quantitative estimate of drug-likeness (QED) is 0.714. The molecule has 0 aliphatic rings. The largest absolute Gasteiger partial charge is 0.398 e. The first-order chi connectivity index (χ1) is 6.15. The van der Waals surface area contributed by atoms with Crippen molar-refractivity contribution in [3.05, 3.63) is 28.0 Å². The van der Waals surface area contributed by atoms with Gasteiger partial charge in [0.25, 0.3) is 0 Å². The first-order valence-electron chi connectivity index (χ1n) is 3.79. The lowest BCUT2D eigenvalue weighted by atomic mass is 10.2. The van der Waals surface area contributed by atoms with Crippen molar-refractivity contribution in [2.45, 2.75) is 13.8 Å². The highest BCUT2D eigenvalue weighted by Gasteiger charge is 2.04. The monoisotopic (exact) mass is 244 g/mol. The molecule has 70 valence electrons. The molecular formula is C9H10BrFN2. The normalized spacial score (nSPS) is 8.23. The number of halogens is 2. The third-order valence-corrected chi connectivity index (χ3v) is 1.89. The Balaban J connectivity index is 0.000000671. The van der Waals surface area contributed by atoms with Crippen LogP contribution in [0, 0.1) is 17.1 Å². The van der Waals surface area contributed by atoms with Gasteiger partial charge >= 0.3 is 0 Å². The standard InChI is InChI=1S/C7H4BrFN2.C2H6/c8-5-1-4(3-10)6(9)2-7(5)11;1-2/h1-2H,11H2;1-2H3. The molecule has 0 spiro atoms. The second-order valence-corrected chi connectivity index (χ2v) is 2.82. The lowest BCUT2D eigenvalue weighted by molar-refractivity contribution is 0.624. The van der Waals surface area contributed by atoms with E-state index in [0.29, 0.717) is 10.2 Å². The van der Waals surface area contributed by atoms with Crippen molar-refractivity contribution in [3.8, 4) is 6.07 Å². The molecule has 0 heterocycles. The maximum absolute atomic E-state index is 12.7. The van der Waals surface area contributed by atoms with Gasteiger partial charge in [-0.05, 0) is 28.1 Å². The van der Waals surface area contributed by atoms with Crippen LogP contribution in [-0.4, -0.2) is 0 Å². The minimum absolute atomic E-state index is 0.00826. The van der Waals surface area contributed by atoms with E-state index in [2.05, 4.69) is 15.9 Å². The summed E-state index contributed by atoms with van der Waals surface area (Å²) in [6.45, 7) is 4.00. The predicted octanol–water partition coefficient (Wildman–Crippen LogP) is 3.07. The van der Waals surface area contributed by atoms with Gasteiger partial charge in [0.05, 0.1) is 5.56 Å². The van der Waals surface area contributed by atoms with Crippen LogP contribution < -0.4 is 5.73 Å². The minimum atomic E-state index is -0.590. The maximum atomic E-state index is 12.7. The molecule has 0 aliphatic heterocycles. The number of nitrogens with zero attached hydrogens (tertiary/aromatic N) is 1. The fourth-order valence-electron chi connectivity index (χ4n) is 0.648. The Morgan fingerprint density at radius 2 is 2.00 bits per heavy atom. The highest BCUT2D eigenvalue weighted by atomic mass is 79.9. The fraction of sp³-hybridized carbons (Fsp3) is 0.222. The molecule has 0 fully saturated rings. The molecule has 0 bridgehead atoms. The van der Waals surface area contributed by atoms with Crippen LogP contribution in [0.15, 0.2) is 16.6 Å². The SMILES string of the molecule is CC.N#Cc1cc(Br)c(N)cc1F. The van der Waals surface area contributed by atoms with Crippen LogP contribution in [0.2, 0.25) is 0 Å². The van der Waals surface area contributed by atoms with E-state index < -0.39 is 5.82 Å². The van der Waals surface area contributed by atoms with Gasteiger partial charge in [-0.25, -0.2) is 4.39 Å². The van der Waals surface area contributed by atoms with Crippen LogP contribution in [0.5, 0.6) is 0 Å². The number of hydrogen-bond donors (Lipinski definition) is 1. The number of anilines is 1. The van der Waals surface area contributed by atoms with Crippen molar-refractivity contribution in [1.29, 1.82) is 5.26 Å².